The van der Waals surface area contributed by atoms with Crippen LogP contribution >= 0.6 is 0 Å². The molecule has 1 aromatic carbocycles. The quantitative estimate of drug-likeness (QED) is 0.878. The molecule has 2 aromatic rings. The van der Waals surface area contributed by atoms with Gasteiger partial charge in [-0.3, -0.25) is 4.98 Å². The van der Waals surface area contributed by atoms with Gasteiger partial charge in [-0.05, 0) is 36.8 Å². The predicted molar refractivity (Wildman–Crippen MR) is 76.4 cm³/mol. The van der Waals surface area contributed by atoms with E-state index in [4.69, 9.17) is 5.11 Å². The average Bonchev–Trinajstić information content (AvgIpc) is 2.48. The summed E-state index contributed by atoms with van der Waals surface area (Å²) in [4.78, 5) is 14.7. The molecule has 0 unspecified atom stereocenters. The first-order valence-electron chi connectivity index (χ1n) is 6.16. The SMILES string of the molecule is C[C@@H](NS(=O)(=O)c1cccc(C(=O)O)c1)c1cccnc1. The Labute approximate surface area is 122 Å². The van der Waals surface area contributed by atoms with Crippen LogP contribution in [0.15, 0.2) is 53.7 Å². The standard InChI is InChI=1S/C14H14N2O4S/c1-10(12-5-3-7-15-9-12)16-21(19,20)13-6-2-4-11(8-13)14(17)18/h2-10,16H,1H3,(H,17,18)/t10-/m1/s1. The molecule has 1 atom stereocenters. The van der Waals surface area contributed by atoms with Crippen LogP contribution in [0.3, 0.4) is 0 Å². The van der Waals surface area contributed by atoms with Gasteiger partial charge in [-0.1, -0.05) is 12.1 Å². The Balaban J connectivity index is 2.26. The van der Waals surface area contributed by atoms with Crippen LogP contribution in [0, 0.1) is 0 Å². The van der Waals surface area contributed by atoms with Gasteiger partial charge in [0.05, 0.1) is 10.5 Å². The Kier molecular flexibility index (Phi) is 4.35. The Morgan fingerprint density at radius 2 is 2.05 bits per heavy atom. The van der Waals surface area contributed by atoms with Gasteiger partial charge in [-0.15, -0.1) is 0 Å². The Bertz CT molecular complexity index is 745. The van der Waals surface area contributed by atoms with Crippen molar-refractivity contribution in [3.8, 4) is 0 Å². The third-order valence-electron chi connectivity index (χ3n) is 2.91. The van der Waals surface area contributed by atoms with Gasteiger partial charge in [-0.2, -0.15) is 0 Å². The highest BCUT2D eigenvalue weighted by Crippen LogP contribution is 2.17. The number of sulfonamides is 1. The number of rotatable bonds is 5. The lowest BCUT2D eigenvalue weighted by molar-refractivity contribution is 0.0696. The van der Waals surface area contributed by atoms with Crippen LogP contribution in [0.25, 0.3) is 0 Å². The molecule has 0 aliphatic carbocycles. The molecular formula is C14H14N2O4S. The molecule has 0 saturated heterocycles. The number of nitrogens with one attached hydrogen (secondary N) is 1. The molecule has 0 amide bonds. The molecule has 21 heavy (non-hydrogen) atoms. The minimum atomic E-state index is -3.80. The van der Waals surface area contributed by atoms with Gasteiger partial charge < -0.3 is 5.11 Å². The summed E-state index contributed by atoms with van der Waals surface area (Å²) < 4.78 is 27.0. The van der Waals surface area contributed by atoms with Gasteiger partial charge in [0.2, 0.25) is 10.0 Å². The highest BCUT2D eigenvalue weighted by Gasteiger charge is 2.19. The number of pyridine rings is 1. The zero-order chi connectivity index (χ0) is 15.5. The average molecular weight is 306 g/mol. The molecule has 0 saturated carbocycles. The van der Waals surface area contributed by atoms with E-state index in [1.807, 2.05) is 0 Å². The Morgan fingerprint density at radius 1 is 1.29 bits per heavy atom. The molecule has 6 nitrogen and oxygen atoms in total. The molecule has 0 spiro atoms. The number of aromatic nitrogens is 1. The van der Waals surface area contributed by atoms with Gasteiger partial charge >= 0.3 is 5.97 Å². The monoisotopic (exact) mass is 306 g/mol. The topological polar surface area (TPSA) is 96.4 Å². The first-order chi connectivity index (χ1) is 9.90. The summed E-state index contributed by atoms with van der Waals surface area (Å²) in [6.45, 7) is 1.69. The summed E-state index contributed by atoms with van der Waals surface area (Å²) in [5.74, 6) is -1.17. The zero-order valence-electron chi connectivity index (χ0n) is 11.2. The molecule has 0 bridgehead atoms. The van der Waals surface area contributed by atoms with Gasteiger partial charge in [0.15, 0.2) is 0 Å². The Hall–Kier alpha value is -2.25. The van der Waals surface area contributed by atoms with Crippen molar-refractivity contribution in [2.24, 2.45) is 0 Å². The number of carbonyl (C=O) groups is 1. The van der Waals surface area contributed by atoms with Gasteiger partial charge in [0.25, 0.3) is 0 Å². The second kappa shape index (κ2) is 6.02. The van der Waals surface area contributed by atoms with Crippen molar-refractivity contribution in [2.75, 3.05) is 0 Å². The second-order valence-electron chi connectivity index (χ2n) is 4.46. The number of carboxylic acids is 1. The Morgan fingerprint density at radius 3 is 2.67 bits per heavy atom. The van der Waals surface area contributed by atoms with Crippen molar-refractivity contribution >= 4 is 16.0 Å². The summed E-state index contributed by atoms with van der Waals surface area (Å²) >= 11 is 0. The van der Waals surface area contributed by atoms with Crippen LogP contribution in [0.5, 0.6) is 0 Å². The molecule has 1 aromatic heterocycles. The summed E-state index contributed by atoms with van der Waals surface area (Å²) in [5, 5.41) is 8.91. The lowest BCUT2D eigenvalue weighted by Gasteiger charge is -2.14. The minimum Gasteiger partial charge on any atom is -0.478 e. The molecule has 7 heteroatoms. The summed E-state index contributed by atoms with van der Waals surface area (Å²) in [6, 6.07) is 8.21. The van der Waals surface area contributed by atoms with Gasteiger partial charge in [0, 0.05) is 18.4 Å². The summed E-state index contributed by atoms with van der Waals surface area (Å²) in [6.07, 6.45) is 3.17. The largest absolute Gasteiger partial charge is 0.478 e. The molecule has 0 aliphatic heterocycles. The van der Waals surface area contributed by atoms with Gasteiger partial charge in [0.1, 0.15) is 0 Å². The van der Waals surface area contributed by atoms with E-state index in [1.165, 1.54) is 18.2 Å². The van der Waals surface area contributed by atoms with Crippen LogP contribution < -0.4 is 4.72 Å². The third-order valence-corrected chi connectivity index (χ3v) is 4.45. The van der Waals surface area contributed by atoms with Crippen molar-refractivity contribution in [3.05, 3.63) is 59.9 Å². The lowest BCUT2D eigenvalue weighted by atomic mass is 10.2. The summed E-state index contributed by atoms with van der Waals surface area (Å²) in [7, 11) is -3.80. The lowest BCUT2D eigenvalue weighted by Crippen LogP contribution is -2.27. The van der Waals surface area contributed by atoms with E-state index in [2.05, 4.69) is 9.71 Å². The molecule has 110 valence electrons. The third kappa shape index (κ3) is 3.65. The zero-order valence-corrected chi connectivity index (χ0v) is 12.0. The van der Waals surface area contributed by atoms with E-state index in [0.717, 1.165) is 11.6 Å². The number of hydrogen-bond donors (Lipinski definition) is 2. The van der Waals surface area contributed by atoms with Crippen LogP contribution in [-0.2, 0) is 10.0 Å². The number of aromatic carboxylic acids is 1. The van der Waals surface area contributed by atoms with E-state index in [1.54, 1.807) is 31.5 Å². The van der Waals surface area contributed by atoms with Crippen molar-refractivity contribution in [2.45, 2.75) is 17.9 Å². The molecular weight excluding hydrogens is 292 g/mol. The normalized spacial score (nSPS) is 12.8. The van der Waals surface area contributed by atoms with Crippen LogP contribution in [0.4, 0.5) is 0 Å². The number of carboxylic acid groups (broad SMARTS) is 1. The predicted octanol–water partition coefficient (Wildman–Crippen LogP) is 1.82. The first kappa shape index (κ1) is 15.1. The minimum absolute atomic E-state index is 0.0769. The highest BCUT2D eigenvalue weighted by atomic mass is 32.2. The van der Waals surface area contributed by atoms with Crippen molar-refractivity contribution in [3.63, 3.8) is 0 Å². The van der Waals surface area contributed by atoms with E-state index >= 15 is 0 Å². The van der Waals surface area contributed by atoms with E-state index in [9.17, 15) is 13.2 Å². The molecule has 2 rings (SSSR count). The number of nitrogens with zero attached hydrogens (tertiary/aromatic N) is 1. The fourth-order valence-corrected chi connectivity index (χ4v) is 3.07. The summed E-state index contributed by atoms with van der Waals surface area (Å²) in [5.41, 5.74) is 0.641. The van der Waals surface area contributed by atoms with Crippen LogP contribution in [0.2, 0.25) is 0 Å². The van der Waals surface area contributed by atoms with E-state index < -0.39 is 22.0 Å². The molecule has 2 N–H and O–H groups in total. The van der Waals surface area contributed by atoms with Crippen molar-refractivity contribution in [1.82, 2.24) is 9.71 Å². The van der Waals surface area contributed by atoms with E-state index in [0.29, 0.717) is 0 Å². The maximum absolute atomic E-state index is 12.3. The maximum atomic E-state index is 12.3. The second-order valence-corrected chi connectivity index (χ2v) is 6.18. The number of benzene rings is 1. The van der Waals surface area contributed by atoms with Crippen LogP contribution in [-0.4, -0.2) is 24.5 Å². The smallest absolute Gasteiger partial charge is 0.335 e. The van der Waals surface area contributed by atoms with Gasteiger partial charge in [-0.25, -0.2) is 17.9 Å². The maximum Gasteiger partial charge on any atom is 0.335 e. The fourth-order valence-electron chi connectivity index (χ4n) is 1.80. The fraction of sp³-hybridized carbons (Fsp3) is 0.143. The molecule has 0 radical (unpaired) electrons. The highest BCUT2D eigenvalue weighted by molar-refractivity contribution is 7.89. The molecule has 0 fully saturated rings. The van der Waals surface area contributed by atoms with Crippen molar-refractivity contribution in [1.29, 1.82) is 0 Å². The number of hydrogen-bond acceptors (Lipinski definition) is 4. The molecule has 1 heterocycles. The van der Waals surface area contributed by atoms with Crippen LogP contribution in [0.1, 0.15) is 28.9 Å². The first-order valence-corrected chi connectivity index (χ1v) is 7.64. The molecule has 0 aliphatic rings. The van der Waals surface area contributed by atoms with Crippen molar-refractivity contribution < 1.29 is 18.3 Å². The van der Waals surface area contributed by atoms with E-state index in [-0.39, 0.29) is 10.5 Å².